The van der Waals surface area contributed by atoms with Gasteiger partial charge in [0.05, 0.1) is 18.0 Å². The molecule has 0 aliphatic carbocycles. The van der Waals surface area contributed by atoms with Crippen molar-refractivity contribution >= 4 is 52.7 Å². The lowest BCUT2D eigenvalue weighted by Crippen LogP contribution is -2.59. The Bertz CT molecular complexity index is 1770. The summed E-state index contributed by atoms with van der Waals surface area (Å²) in [4.78, 5) is 87.2. The van der Waals surface area contributed by atoms with Gasteiger partial charge in [-0.25, -0.2) is 4.98 Å². The highest BCUT2D eigenvalue weighted by molar-refractivity contribution is 7.09. The number of piperidine rings is 1. The van der Waals surface area contributed by atoms with E-state index in [1.54, 1.807) is 36.3 Å². The van der Waals surface area contributed by atoms with E-state index in [-0.39, 0.29) is 48.7 Å². The average Bonchev–Trinajstić information content (AvgIpc) is 3.69. The molecule has 1 aromatic heterocycles. The first-order valence-electron chi connectivity index (χ1n) is 21.9. The smallest absolute Gasteiger partial charge is 0.317 e. The molecule has 1 saturated heterocycles. The van der Waals surface area contributed by atoms with Crippen LogP contribution in [0.5, 0.6) is 0 Å². The van der Waals surface area contributed by atoms with Crippen LogP contribution < -0.4 is 16.4 Å². The summed E-state index contributed by atoms with van der Waals surface area (Å²) in [5, 5.41) is 27.4. The number of likely N-dealkylation sites (tertiary alicyclic amines) is 1. The quantitative estimate of drug-likeness (QED) is 0.0412. The maximum atomic E-state index is 14.9. The second-order valence-electron chi connectivity index (χ2n) is 17.6. The van der Waals surface area contributed by atoms with Gasteiger partial charge < -0.3 is 36.2 Å². The predicted octanol–water partition coefficient (Wildman–Crippen LogP) is 6.47. The molecule has 61 heavy (non-hydrogen) atoms. The number of esters is 1. The van der Waals surface area contributed by atoms with Crippen molar-refractivity contribution in [2.45, 2.75) is 156 Å². The third kappa shape index (κ3) is 15.7. The number of carbonyl (C=O) groups excluding carboxylic acids is 4. The zero-order chi connectivity index (χ0) is 45.4. The summed E-state index contributed by atoms with van der Waals surface area (Å²) in [6.07, 6.45) is 6.00. The number of carboxylic acid groups (broad SMARTS) is 2. The molecule has 6 atom stereocenters. The number of carboxylic acids is 2. The summed E-state index contributed by atoms with van der Waals surface area (Å²) < 4.78 is 5.90. The Morgan fingerprint density at radius 2 is 1.70 bits per heavy atom. The summed E-state index contributed by atoms with van der Waals surface area (Å²) in [5.74, 6) is -4.06. The number of benzene rings is 1. The number of aliphatic carboxylic acids is 2. The Balaban J connectivity index is 1.95. The molecule has 2 heterocycles. The minimum Gasteiger partial charge on any atom is -0.481 e. The summed E-state index contributed by atoms with van der Waals surface area (Å²) in [6.45, 7) is 15.1. The van der Waals surface area contributed by atoms with Gasteiger partial charge in [0.2, 0.25) is 11.8 Å². The second kappa shape index (κ2) is 24.2. The maximum absolute atomic E-state index is 14.9. The molecule has 3 rings (SSSR count). The van der Waals surface area contributed by atoms with E-state index in [1.807, 2.05) is 44.7 Å². The number of carbonyl (C=O) groups is 6. The molecule has 0 radical (unpaired) electrons. The van der Waals surface area contributed by atoms with Gasteiger partial charge in [-0.3, -0.25) is 33.7 Å². The molecule has 16 heteroatoms. The van der Waals surface area contributed by atoms with Gasteiger partial charge in [0, 0.05) is 43.0 Å². The van der Waals surface area contributed by atoms with E-state index in [2.05, 4.69) is 22.5 Å². The maximum Gasteiger partial charge on any atom is 0.317 e. The van der Waals surface area contributed by atoms with E-state index in [4.69, 9.17) is 10.5 Å². The van der Waals surface area contributed by atoms with Crippen LogP contribution in [-0.2, 0) is 35.1 Å². The largest absolute Gasteiger partial charge is 0.481 e. The molecule has 2 aromatic rings. The molecule has 1 aliphatic rings. The Morgan fingerprint density at radius 3 is 2.30 bits per heavy atom. The third-order valence-electron chi connectivity index (χ3n) is 11.7. The van der Waals surface area contributed by atoms with Gasteiger partial charge in [-0.2, -0.15) is 0 Å². The van der Waals surface area contributed by atoms with Crippen molar-refractivity contribution in [2.75, 3.05) is 25.4 Å². The number of nitrogens with zero attached hydrogens (tertiary/aromatic N) is 3. The van der Waals surface area contributed by atoms with Crippen LogP contribution in [0.1, 0.15) is 147 Å². The highest BCUT2D eigenvalue weighted by atomic mass is 32.1. The Labute approximate surface area is 365 Å². The second-order valence-corrected chi connectivity index (χ2v) is 18.5. The number of nitrogens with two attached hydrogens (primary N) is 1. The number of rotatable bonds is 25. The molecule has 1 fully saturated rings. The number of thiazole rings is 1. The molecule has 0 saturated carbocycles. The van der Waals surface area contributed by atoms with Crippen molar-refractivity contribution in [1.29, 1.82) is 0 Å². The van der Waals surface area contributed by atoms with E-state index in [9.17, 15) is 39.0 Å². The van der Waals surface area contributed by atoms with Gasteiger partial charge in [0.25, 0.3) is 5.91 Å². The average molecular weight is 871 g/mol. The zero-order valence-electron chi connectivity index (χ0n) is 37.4. The first-order chi connectivity index (χ1) is 28.8. The molecule has 0 bridgehead atoms. The monoisotopic (exact) mass is 870 g/mol. The van der Waals surface area contributed by atoms with Crippen LogP contribution in [0.4, 0.5) is 5.69 Å². The van der Waals surface area contributed by atoms with Gasteiger partial charge in [-0.15, -0.1) is 11.3 Å². The number of amides is 3. The zero-order valence-corrected chi connectivity index (χ0v) is 38.2. The summed E-state index contributed by atoms with van der Waals surface area (Å²) in [6, 6.07) is 4.59. The summed E-state index contributed by atoms with van der Waals surface area (Å²) in [5.41, 5.74) is 6.27. The van der Waals surface area contributed by atoms with Crippen LogP contribution in [0.3, 0.4) is 0 Å². The van der Waals surface area contributed by atoms with E-state index >= 15 is 0 Å². The molecule has 3 amide bonds. The molecule has 340 valence electrons. The predicted molar refractivity (Wildman–Crippen MR) is 236 cm³/mol. The summed E-state index contributed by atoms with van der Waals surface area (Å²) in [7, 11) is 0. The number of ether oxygens (including phenoxy) is 1. The van der Waals surface area contributed by atoms with Crippen LogP contribution in [0.15, 0.2) is 29.6 Å². The Hall–Kier alpha value is -4.57. The minimum atomic E-state index is -1.14. The lowest BCUT2D eigenvalue weighted by molar-refractivity contribution is -0.150. The number of nitrogen functional groups attached to an aromatic ring is 1. The number of hydrogen-bond acceptors (Lipinski definition) is 11. The van der Waals surface area contributed by atoms with Crippen LogP contribution in [0.25, 0.3) is 0 Å². The Morgan fingerprint density at radius 1 is 1.02 bits per heavy atom. The molecule has 6 N–H and O–H groups in total. The van der Waals surface area contributed by atoms with Gasteiger partial charge in [0.15, 0.2) is 6.10 Å². The third-order valence-corrected chi connectivity index (χ3v) is 12.6. The van der Waals surface area contributed by atoms with Gasteiger partial charge in [-0.1, -0.05) is 78.9 Å². The van der Waals surface area contributed by atoms with Crippen LogP contribution in [-0.4, -0.2) is 104 Å². The SMILES string of the molecule is CCCCCCN(C(=O)[C@@H](NC(=O)[C@H]1CCCCN1CC(=O)O)[C@@H](C)CC)[C@H](C[C@@H](OC(C)=O)c1nc(C(=O)N[C@@H](Cc2ccc(N)cc2)CC(C)(C)C(=O)O)cs1)C(C)C. The number of anilines is 1. The van der Waals surface area contributed by atoms with Crippen molar-refractivity contribution in [3.8, 4) is 0 Å². The lowest BCUT2D eigenvalue weighted by atomic mass is 9.84. The fourth-order valence-corrected chi connectivity index (χ4v) is 8.74. The fraction of sp³-hybridized carbons (Fsp3) is 0.667. The standard InChI is InChI=1S/C45H70N6O9S/c1-9-11-12-14-22-51(43(57)39(29(5)10-2)49-41(56)35-16-13-15-21-50(35)26-38(53)54)36(28(3)4)24-37(60-30(6)52)42-48-34(27-61-42)40(55)47-33(25-45(7,8)44(58)59)23-31-17-19-32(46)20-18-31/h17-20,27-29,33,35-37,39H,9-16,21-26,46H2,1-8H3,(H,47,55)(H,49,56)(H,53,54)(H,58,59)/t29-,33-,35+,36+,37+,39-/m0/s1. The number of aromatic nitrogens is 1. The van der Waals surface area contributed by atoms with E-state index in [1.165, 1.54) is 6.92 Å². The molecule has 0 spiro atoms. The first-order valence-corrected chi connectivity index (χ1v) is 22.7. The van der Waals surface area contributed by atoms with Crippen molar-refractivity contribution in [2.24, 2.45) is 17.3 Å². The molecule has 1 aromatic carbocycles. The van der Waals surface area contributed by atoms with E-state index in [0.29, 0.717) is 43.0 Å². The first kappa shape index (κ1) is 50.8. The number of unbranched alkanes of at least 4 members (excludes halogenated alkanes) is 3. The molecule has 15 nitrogen and oxygen atoms in total. The van der Waals surface area contributed by atoms with Crippen molar-refractivity contribution < 1.29 is 43.7 Å². The van der Waals surface area contributed by atoms with E-state index < -0.39 is 59.5 Å². The highest BCUT2D eigenvalue weighted by Crippen LogP contribution is 2.32. The molecule has 1 aliphatic heterocycles. The van der Waals surface area contributed by atoms with Gasteiger partial charge >= 0.3 is 17.9 Å². The normalized spacial score (nSPS) is 17.1. The number of nitrogens with one attached hydrogen (secondary N) is 2. The highest BCUT2D eigenvalue weighted by Gasteiger charge is 2.39. The topological polar surface area (TPSA) is 222 Å². The molecule has 0 unspecified atom stereocenters. The van der Waals surface area contributed by atoms with E-state index in [0.717, 1.165) is 55.4 Å². The van der Waals surface area contributed by atoms with Crippen molar-refractivity contribution in [3.63, 3.8) is 0 Å². The lowest BCUT2D eigenvalue weighted by Gasteiger charge is -2.40. The van der Waals surface area contributed by atoms with Crippen LogP contribution in [0, 0.1) is 17.3 Å². The van der Waals surface area contributed by atoms with Crippen molar-refractivity contribution in [1.82, 2.24) is 25.4 Å². The number of hydrogen-bond donors (Lipinski definition) is 5. The minimum absolute atomic E-state index is 0.0837. The summed E-state index contributed by atoms with van der Waals surface area (Å²) >= 11 is 1.16. The fourth-order valence-electron chi connectivity index (χ4n) is 7.90. The van der Waals surface area contributed by atoms with Gasteiger partial charge in [0.1, 0.15) is 16.7 Å². The van der Waals surface area contributed by atoms with Crippen molar-refractivity contribution in [3.05, 3.63) is 45.9 Å². The Kier molecular flexibility index (Phi) is 20.1. The van der Waals surface area contributed by atoms with Crippen LogP contribution in [0.2, 0.25) is 0 Å². The molecular weight excluding hydrogens is 801 g/mol. The molecular formula is C45H70N6O9S. The van der Waals surface area contributed by atoms with Gasteiger partial charge in [-0.05, 0) is 82.0 Å². The van der Waals surface area contributed by atoms with Crippen LogP contribution >= 0.6 is 11.3 Å².